The summed E-state index contributed by atoms with van der Waals surface area (Å²) >= 11 is 0. The normalized spacial score (nSPS) is 12.9. The van der Waals surface area contributed by atoms with Crippen molar-refractivity contribution in [3.63, 3.8) is 0 Å². The maximum atomic E-state index is 6.85. The minimum atomic E-state index is -0.423. The Balaban J connectivity index is 1.50. The highest BCUT2D eigenvalue weighted by molar-refractivity contribution is 7.27. The summed E-state index contributed by atoms with van der Waals surface area (Å²) in [4.78, 5) is 0. The predicted octanol–water partition coefficient (Wildman–Crippen LogP) is 14.7. The first kappa shape index (κ1) is 40.4. The molecule has 2 unspecified atom stereocenters. The zero-order valence-electron chi connectivity index (χ0n) is 34.4. The van der Waals surface area contributed by atoms with Gasteiger partial charge >= 0.3 is 0 Å². The Labute approximate surface area is 332 Å². The average Bonchev–Trinajstić information content (AvgIpc) is 3.09. The van der Waals surface area contributed by atoms with Crippen molar-refractivity contribution in [3.05, 3.63) is 126 Å². The van der Waals surface area contributed by atoms with E-state index in [2.05, 4.69) is 156 Å². The molecule has 7 heteroatoms. The number of benzene rings is 6. The first-order valence-corrected chi connectivity index (χ1v) is 20.6. The predicted molar refractivity (Wildman–Crippen MR) is 235 cm³/mol. The second-order valence-electron chi connectivity index (χ2n) is 18.3. The van der Waals surface area contributed by atoms with Gasteiger partial charge in [0.2, 0.25) is 0 Å². The van der Waals surface area contributed by atoms with Gasteiger partial charge in [0.25, 0.3) is 18.1 Å². The van der Waals surface area contributed by atoms with Crippen molar-refractivity contribution >= 4 is 39.6 Å². The van der Waals surface area contributed by atoms with Crippen molar-refractivity contribution in [2.45, 2.75) is 105 Å². The van der Waals surface area contributed by atoms with Crippen LogP contribution in [0.4, 0.5) is 0 Å². The molecule has 0 fully saturated rings. The molecule has 0 spiro atoms. The zero-order valence-corrected chi connectivity index (χ0v) is 36.4. The molecule has 0 amide bonds. The molecule has 0 heterocycles. The van der Waals surface area contributed by atoms with Crippen LogP contribution in [0.3, 0.4) is 0 Å². The molecule has 288 valence electrons. The molecule has 55 heavy (non-hydrogen) atoms. The van der Waals surface area contributed by atoms with Gasteiger partial charge in [0, 0.05) is 22.3 Å². The fraction of sp³-hybridized carbons (Fsp3) is 0.333. The van der Waals surface area contributed by atoms with E-state index in [0.717, 1.165) is 67.2 Å². The molecule has 0 saturated heterocycles. The van der Waals surface area contributed by atoms with E-state index in [0.29, 0.717) is 0 Å². The Bertz CT molecular complexity index is 2300. The van der Waals surface area contributed by atoms with Crippen molar-refractivity contribution in [2.24, 2.45) is 0 Å². The minimum absolute atomic E-state index is 0.147. The second-order valence-corrected chi connectivity index (χ2v) is 19.5. The highest BCUT2D eigenvalue weighted by Crippen LogP contribution is 2.52. The number of ether oxygens (including phenoxy) is 1. The van der Waals surface area contributed by atoms with E-state index in [4.69, 9.17) is 22.8 Å². The van der Waals surface area contributed by atoms with Gasteiger partial charge in [-0.3, -0.25) is 0 Å². The lowest BCUT2D eigenvalue weighted by atomic mass is 9.77. The van der Waals surface area contributed by atoms with E-state index < -0.39 is 5.60 Å². The standard InChI is InChI=1S/C48H56O5P2/c1-45(2,3)35-27-39(43(41(28-35)46(4,5)6)52-54-50-36-23-21-31-17-13-15-19-33(31)25-36)40-29-38(49-48(10,11)12)30-42(47(7,8)9)44(40)53-55-51-37-24-22-32-18-14-16-20-34(32)26-37/h13-30,54-55H,1-12H3. The van der Waals surface area contributed by atoms with Gasteiger partial charge in [-0.2, -0.15) is 0 Å². The van der Waals surface area contributed by atoms with Gasteiger partial charge in [0.1, 0.15) is 34.3 Å². The van der Waals surface area contributed by atoms with E-state index in [1.807, 2.05) is 36.4 Å². The summed E-state index contributed by atoms with van der Waals surface area (Å²) in [6.45, 7) is 26.3. The van der Waals surface area contributed by atoms with Crippen LogP contribution in [0.2, 0.25) is 0 Å². The Hall–Kier alpha value is -4.30. The van der Waals surface area contributed by atoms with Gasteiger partial charge in [-0.25, -0.2) is 0 Å². The Morgan fingerprint density at radius 3 is 1.25 bits per heavy atom. The van der Waals surface area contributed by atoms with Gasteiger partial charge in [-0.15, -0.1) is 0 Å². The molecule has 0 aromatic heterocycles. The van der Waals surface area contributed by atoms with Crippen molar-refractivity contribution < 1.29 is 22.8 Å². The van der Waals surface area contributed by atoms with Crippen molar-refractivity contribution in [1.82, 2.24) is 0 Å². The summed E-state index contributed by atoms with van der Waals surface area (Å²) in [7, 11) is -0.591. The third-order valence-electron chi connectivity index (χ3n) is 9.40. The van der Waals surface area contributed by atoms with Crippen molar-refractivity contribution in [2.75, 3.05) is 0 Å². The van der Waals surface area contributed by atoms with E-state index >= 15 is 0 Å². The molecular formula is C48H56O5P2. The highest BCUT2D eigenvalue weighted by Gasteiger charge is 2.31. The molecule has 0 saturated carbocycles. The molecular weight excluding hydrogens is 718 g/mol. The third kappa shape index (κ3) is 9.93. The molecule has 0 radical (unpaired) electrons. The molecule has 6 rings (SSSR count). The molecule has 0 bridgehead atoms. The maximum Gasteiger partial charge on any atom is 0.275 e. The Morgan fingerprint density at radius 1 is 0.382 bits per heavy atom. The van der Waals surface area contributed by atoms with Gasteiger partial charge in [0.15, 0.2) is 0 Å². The van der Waals surface area contributed by atoms with E-state index in [-0.39, 0.29) is 34.3 Å². The molecule has 0 aliphatic rings. The Kier molecular flexibility index (Phi) is 11.5. The van der Waals surface area contributed by atoms with Crippen LogP contribution in [0.25, 0.3) is 32.7 Å². The Morgan fingerprint density at radius 2 is 0.818 bits per heavy atom. The van der Waals surface area contributed by atoms with Crippen LogP contribution >= 0.6 is 18.1 Å². The molecule has 0 N–H and O–H groups in total. The summed E-state index contributed by atoms with van der Waals surface area (Å²) in [6, 6.07) is 37.6. The first-order valence-electron chi connectivity index (χ1n) is 19.0. The fourth-order valence-corrected chi connectivity index (χ4v) is 7.63. The van der Waals surface area contributed by atoms with E-state index in [1.54, 1.807) is 0 Å². The number of fused-ring (bicyclic) bond motifs is 2. The smallest absolute Gasteiger partial charge is 0.275 e. The lowest BCUT2D eigenvalue weighted by Gasteiger charge is -2.31. The van der Waals surface area contributed by atoms with Gasteiger partial charge in [0.05, 0.1) is 0 Å². The first-order chi connectivity index (χ1) is 25.8. The lowest BCUT2D eigenvalue weighted by molar-refractivity contribution is 0.130. The van der Waals surface area contributed by atoms with Gasteiger partial charge in [-0.1, -0.05) is 129 Å². The van der Waals surface area contributed by atoms with Crippen LogP contribution in [-0.4, -0.2) is 5.60 Å². The molecule has 6 aromatic rings. The molecule has 6 aromatic carbocycles. The zero-order chi connectivity index (χ0) is 39.8. The topological polar surface area (TPSA) is 46.2 Å². The summed E-state index contributed by atoms with van der Waals surface area (Å²) in [5, 5.41) is 4.57. The molecule has 5 nitrogen and oxygen atoms in total. The lowest BCUT2D eigenvalue weighted by Crippen LogP contribution is -2.23. The van der Waals surface area contributed by atoms with Crippen LogP contribution in [0.1, 0.15) is 99.8 Å². The summed E-state index contributed by atoms with van der Waals surface area (Å²) in [6.07, 6.45) is 0. The molecule has 2 atom stereocenters. The van der Waals surface area contributed by atoms with Crippen molar-refractivity contribution in [1.29, 1.82) is 0 Å². The molecule has 0 aliphatic heterocycles. The minimum Gasteiger partial charge on any atom is -0.488 e. The molecule has 0 aliphatic carbocycles. The van der Waals surface area contributed by atoms with E-state index in [1.165, 1.54) is 10.9 Å². The van der Waals surface area contributed by atoms with Crippen LogP contribution < -0.4 is 22.8 Å². The SMILES string of the molecule is CC(C)(C)Oc1cc(-c2cc(C(C)(C)C)cc(C(C)(C)C)c2OPOc2ccc3ccccc3c2)c(OPOc2ccc3ccccc3c2)c(C(C)(C)C)c1. The van der Waals surface area contributed by atoms with Gasteiger partial charge in [-0.05, 0) is 107 Å². The summed E-state index contributed by atoms with van der Waals surface area (Å²) in [5.74, 6) is 3.77. The van der Waals surface area contributed by atoms with Gasteiger partial charge < -0.3 is 22.8 Å². The summed E-state index contributed by atoms with van der Waals surface area (Å²) < 4.78 is 33.0. The largest absolute Gasteiger partial charge is 0.488 e. The highest BCUT2D eigenvalue weighted by atomic mass is 31.1. The number of hydrogen-bond acceptors (Lipinski definition) is 5. The monoisotopic (exact) mass is 774 g/mol. The van der Waals surface area contributed by atoms with Crippen LogP contribution in [0, 0.1) is 0 Å². The van der Waals surface area contributed by atoms with Crippen LogP contribution in [0.5, 0.6) is 28.7 Å². The number of hydrogen-bond donors (Lipinski definition) is 0. The van der Waals surface area contributed by atoms with Crippen LogP contribution in [-0.2, 0) is 16.2 Å². The van der Waals surface area contributed by atoms with E-state index in [9.17, 15) is 0 Å². The average molecular weight is 775 g/mol. The third-order valence-corrected chi connectivity index (χ3v) is 10.6. The fourth-order valence-electron chi connectivity index (χ4n) is 6.49. The maximum absolute atomic E-state index is 6.85. The number of rotatable bonds is 10. The summed E-state index contributed by atoms with van der Waals surface area (Å²) in [5.41, 5.74) is 3.96. The quantitative estimate of drug-likeness (QED) is 0.130. The van der Waals surface area contributed by atoms with Crippen LogP contribution in [0.15, 0.2) is 109 Å². The second kappa shape index (κ2) is 15.7. The van der Waals surface area contributed by atoms with Crippen molar-refractivity contribution in [3.8, 4) is 39.9 Å².